The average molecular weight is 594 g/mol. The fraction of sp³-hybridized carbons (Fsp3) is 0.235. The molecule has 44 heavy (non-hydrogen) atoms. The molecule has 0 radical (unpaired) electrons. The molecule has 0 atom stereocenters. The van der Waals surface area contributed by atoms with Crippen LogP contribution in [0.5, 0.6) is 17.2 Å². The molecule has 0 saturated carbocycles. The normalized spacial score (nSPS) is 11.3. The Labute approximate surface area is 256 Å². The number of carbonyl (C=O) groups excluding carboxylic acids is 2. The lowest BCUT2D eigenvalue weighted by Crippen LogP contribution is -2.21. The van der Waals surface area contributed by atoms with E-state index in [1.165, 1.54) is 7.11 Å². The van der Waals surface area contributed by atoms with E-state index in [0.717, 1.165) is 27.9 Å². The Morgan fingerprint density at radius 1 is 0.864 bits per heavy atom. The molecule has 10 heteroatoms. The first-order valence-corrected chi connectivity index (χ1v) is 14.1. The van der Waals surface area contributed by atoms with Crippen LogP contribution in [0.2, 0.25) is 0 Å². The van der Waals surface area contributed by atoms with E-state index in [4.69, 9.17) is 19.3 Å². The maximum Gasteiger partial charge on any atom is 0.324 e. The number of pyridine rings is 1. The predicted octanol–water partition coefficient (Wildman–Crippen LogP) is 6.92. The number of rotatable bonds is 10. The van der Waals surface area contributed by atoms with Crippen LogP contribution < -0.4 is 20.1 Å². The minimum atomic E-state index is -0.418. The number of anilines is 2. The minimum absolute atomic E-state index is 0.0288. The predicted molar refractivity (Wildman–Crippen MR) is 170 cm³/mol. The van der Waals surface area contributed by atoms with Crippen LogP contribution in [0.3, 0.4) is 0 Å². The molecule has 2 amide bonds. The number of amides is 2. The molecule has 0 spiro atoms. The van der Waals surface area contributed by atoms with Crippen LogP contribution in [-0.4, -0.2) is 47.4 Å². The molecule has 3 aromatic carbocycles. The summed E-state index contributed by atoms with van der Waals surface area (Å²) in [4.78, 5) is 29.6. The van der Waals surface area contributed by atoms with Crippen molar-refractivity contribution in [2.75, 3.05) is 31.5 Å². The van der Waals surface area contributed by atoms with Gasteiger partial charge in [0.2, 0.25) is 0 Å². The number of urea groups is 1. The Balaban J connectivity index is 1.38. The monoisotopic (exact) mass is 593 g/mol. The van der Waals surface area contributed by atoms with E-state index in [-0.39, 0.29) is 24.2 Å². The number of aromatic nitrogens is 3. The highest BCUT2D eigenvalue weighted by atomic mass is 16.5. The van der Waals surface area contributed by atoms with E-state index in [9.17, 15) is 9.59 Å². The minimum Gasteiger partial charge on any atom is -0.497 e. The van der Waals surface area contributed by atoms with Crippen molar-refractivity contribution < 1.29 is 23.8 Å². The van der Waals surface area contributed by atoms with Crippen LogP contribution in [0.1, 0.15) is 32.2 Å². The average Bonchev–Trinajstić information content (AvgIpc) is 3.43. The maximum atomic E-state index is 13.4. The molecule has 0 unspecified atom stereocenters. The number of nitrogens with zero attached hydrogens (tertiary/aromatic N) is 3. The summed E-state index contributed by atoms with van der Waals surface area (Å²) in [6, 6.07) is 23.6. The van der Waals surface area contributed by atoms with Gasteiger partial charge in [-0.25, -0.2) is 9.48 Å². The van der Waals surface area contributed by atoms with Crippen molar-refractivity contribution in [2.24, 2.45) is 0 Å². The lowest BCUT2D eigenvalue weighted by atomic mass is 9.92. The van der Waals surface area contributed by atoms with Crippen molar-refractivity contribution in [1.82, 2.24) is 14.8 Å². The van der Waals surface area contributed by atoms with Crippen molar-refractivity contribution in [3.8, 4) is 22.9 Å². The highest BCUT2D eigenvalue weighted by Crippen LogP contribution is 2.35. The molecule has 2 aromatic heterocycles. The molecule has 2 heterocycles. The number of Topliss-reactive ketones (excluding diaryl/α,β-unsaturated/α-hetero) is 1. The topological polar surface area (TPSA) is 117 Å². The second-order valence-corrected chi connectivity index (χ2v) is 11.2. The Kier molecular flexibility index (Phi) is 8.91. The fourth-order valence-electron chi connectivity index (χ4n) is 4.65. The molecule has 0 aliphatic carbocycles. The number of ketones is 1. The molecule has 0 bridgehead atoms. The third-order valence-electron chi connectivity index (χ3n) is 6.87. The van der Waals surface area contributed by atoms with E-state index >= 15 is 0 Å². The Morgan fingerprint density at radius 2 is 1.61 bits per heavy atom. The Bertz CT molecular complexity index is 1790. The van der Waals surface area contributed by atoms with Crippen molar-refractivity contribution >= 4 is 34.1 Å². The highest BCUT2D eigenvalue weighted by molar-refractivity contribution is 6.07. The van der Waals surface area contributed by atoms with E-state index in [1.807, 2.05) is 54.6 Å². The van der Waals surface area contributed by atoms with Gasteiger partial charge in [-0.05, 0) is 42.5 Å². The molecular weight excluding hydrogens is 558 g/mol. The number of hydrogen-bond donors (Lipinski definition) is 2. The van der Waals surface area contributed by atoms with Gasteiger partial charge in [0.05, 0.1) is 36.3 Å². The fourth-order valence-corrected chi connectivity index (χ4v) is 4.65. The van der Waals surface area contributed by atoms with Crippen molar-refractivity contribution in [1.29, 1.82) is 0 Å². The molecule has 10 nitrogen and oxygen atoms in total. The second-order valence-electron chi connectivity index (χ2n) is 11.2. The zero-order valence-electron chi connectivity index (χ0n) is 25.4. The summed E-state index contributed by atoms with van der Waals surface area (Å²) in [5, 5.41) is 12.3. The van der Waals surface area contributed by atoms with E-state index < -0.39 is 6.03 Å². The van der Waals surface area contributed by atoms with Gasteiger partial charge in [0.1, 0.15) is 29.7 Å². The summed E-state index contributed by atoms with van der Waals surface area (Å²) in [5.41, 5.74) is 2.58. The van der Waals surface area contributed by atoms with Gasteiger partial charge in [-0.2, -0.15) is 5.10 Å². The maximum absolute atomic E-state index is 13.4. The van der Waals surface area contributed by atoms with Gasteiger partial charge < -0.3 is 19.5 Å². The molecular formula is C34H35N5O5. The third kappa shape index (κ3) is 7.04. The Hall–Kier alpha value is -5.22. The van der Waals surface area contributed by atoms with Gasteiger partial charge in [-0.3, -0.25) is 15.1 Å². The van der Waals surface area contributed by atoms with Gasteiger partial charge in [-0.15, -0.1) is 0 Å². The van der Waals surface area contributed by atoms with E-state index in [2.05, 4.69) is 36.4 Å². The van der Waals surface area contributed by atoms with Crippen molar-refractivity contribution in [3.63, 3.8) is 0 Å². The van der Waals surface area contributed by atoms with Crippen LogP contribution in [0.25, 0.3) is 16.5 Å². The molecule has 0 fully saturated rings. The molecule has 5 aromatic rings. The SMILES string of the molecule is COCC(=O)Cc1cc(Oc2ccc(NC(=O)Nc3cc(C(C)(C)C)nn3-c3ccc(OC)cc3)c3ccccc23)ccn1. The van der Waals surface area contributed by atoms with Gasteiger partial charge >= 0.3 is 6.03 Å². The number of benzene rings is 3. The molecule has 0 saturated heterocycles. The molecule has 5 rings (SSSR count). The smallest absolute Gasteiger partial charge is 0.324 e. The summed E-state index contributed by atoms with van der Waals surface area (Å²) < 4.78 is 18.1. The largest absolute Gasteiger partial charge is 0.497 e. The third-order valence-corrected chi connectivity index (χ3v) is 6.87. The summed E-state index contributed by atoms with van der Waals surface area (Å²) in [7, 11) is 3.10. The first-order valence-electron chi connectivity index (χ1n) is 14.1. The lowest BCUT2D eigenvalue weighted by molar-refractivity contribution is -0.122. The summed E-state index contributed by atoms with van der Waals surface area (Å²) >= 11 is 0. The van der Waals surface area contributed by atoms with E-state index in [0.29, 0.717) is 28.7 Å². The van der Waals surface area contributed by atoms with Crippen molar-refractivity contribution in [2.45, 2.75) is 32.6 Å². The lowest BCUT2D eigenvalue weighted by Gasteiger charge is -2.14. The van der Waals surface area contributed by atoms with Gasteiger partial charge in [0.15, 0.2) is 5.78 Å². The first-order chi connectivity index (χ1) is 21.1. The number of methoxy groups -OCH3 is 2. The Morgan fingerprint density at radius 3 is 2.32 bits per heavy atom. The number of ether oxygens (including phenoxy) is 3. The molecule has 2 N–H and O–H groups in total. The zero-order chi connectivity index (χ0) is 31.3. The summed E-state index contributed by atoms with van der Waals surface area (Å²) in [5.74, 6) is 2.33. The van der Waals surface area contributed by atoms with Crippen LogP contribution >= 0.6 is 0 Å². The molecule has 0 aliphatic rings. The number of carbonyl (C=O) groups is 2. The summed E-state index contributed by atoms with van der Waals surface area (Å²) in [6.45, 7) is 6.24. The van der Waals surface area contributed by atoms with Crippen molar-refractivity contribution in [3.05, 3.63) is 96.4 Å². The second kappa shape index (κ2) is 13.0. The van der Waals surface area contributed by atoms with Gasteiger partial charge in [-0.1, -0.05) is 45.0 Å². The van der Waals surface area contributed by atoms with Crippen LogP contribution in [0.15, 0.2) is 85.1 Å². The van der Waals surface area contributed by atoms with E-state index in [1.54, 1.807) is 42.3 Å². The number of fused-ring (bicyclic) bond motifs is 1. The van der Waals surface area contributed by atoms with Gasteiger partial charge in [0, 0.05) is 41.6 Å². The quantitative estimate of drug-likeness (QED) is 0.181. The highest BCUT2D eigenvalue weighted by Gasteiger charge is 2.22. The van der Waals surface area contributed by atoms with Crippen LogP contribution in [0, 0.1) is 0 Å². The van der Waals surface area contributed by atoms with Crippen LogP contribution in [-0.2, 0) is 21.4 Å². The number of hydrogen-bond acceptors (Lipinski definition) is 7. The van der Waals surface area contributed by atoms with Crippen LogP contribution in [0.4, 0.5) is 16.3 Å². The zero-order valence-corrected chi connectivity index (χ0v) is 25.4. The van der Waals surface area contributed by atoms with Gasteiger partial charge in [0.25, 0.3) is 0 Å². The molecule has 226 valence electrons. The first kappa shape index (κ1) is 30.2. The number of nitrogens with one attached hydrogen (secondary N) is 2. The standard InChI is InChI=1S/C34H35N5O5/c1-34(2,3)31-20-32(39(38-31)23-10-12-25(43-5)13-11-23)37-33(41)36-29-14-15-30(28-9-7-6-8-27(28)29)44-26-16-17-35-22(19-26)18-24(40)21-42-4/h6-17,19-20H,18,21H2,1-5H3,(H2,36,37,41). The summed E-state index contributed by atoms with van der Waals surface area (Å²) in [6.07, 6.45) is 1.76. The molecule has 0 aliphatic heterocycles.